The van der Waals surface area contributed by atoms with Gasteiger partial charge in [-0.1, -0.05) is 50.7 Å². The predicted molar refractivity (Wildman–Crippen MR) is 95.0 cm³/mol. The minimum Gasteiger partial charge on any atom is -0.378 e. The van der Waals surface area contributed by atoms with Gasteiger partial charge in [-0.05, 0) is 61.4 Å². The van der Waals surface area contributed by atoms with Crippen molar-refractivity contribution in [3.8, 4) is 0 Å². The van der Waals surface area contributed by atoms with E-state index in [2.05, 4.69) is 67.7 Å². The number of nitrogens with one attached hydrogen (secondary N) is 1. The highest BCUT2D eigenvalue weighted by molar-refractivity contribution is 7.66. The van der Waals surface area contributed by atoms with Crippen molar-refractivity contribution in [3.05, 3.63) is 59.7 Å². The molecule has 0 saturated carbocycles. The van der Waals surface area contributed by atoms with Crippen molar-refractivity contribution in [1.29, 1.82) is 0 Å². The molecule has 110 valence electrons. The fourth-order valence-corrected chi connectivity index (χ4v) is 6.11. The van der Waals surface area contributed by atoms with Crippen LogP contribution >= 0.6 is 7.92 Å². The van der Waals surface area contributed by atoms with Gasteiger partial charge < -0.3 is 5.32 Å². The molecule has 1 saturated heterocycles. The zero-order valence-corrected chi connectivity index (χ0v) is 13.9. The molecule has 1 aliphatic heterocycles. The maximum atomic E-state index is 3.84. The van der Waals surface area contributed by atoms with Crippen LogP contribution in [0.1, 0.15) is 30.4 Å². The van der Waals surface area contributed by atoms with Gasteiger partial charge >= 0.3 is 0 Å². The smallest absolute Gasteiger partial charge is 0.0500 e. The molecule has 1 nitrogen and oxygen atoms in total. The molecule has 0 aromatic heterocycles. The molecule has 0 spiro atoms. The predicted octanol–water partition coefficient (Wildman–Crippen LogP) is 5.03. The average molecular weight is 297 g/mol. The fourth-order valence-electron chi connectivity index (χ4n) is 3.26. The van der Waals surface area contributed by atoms with Crippen molar-refractivity contribution in [2.45, 2.75) is 38.9 Å². The van der Waals surface area contributed by atoms with Crippen LogP contribution < -0.4 is 10.6 Å². The van der Waals surface area contributed by atoms with E-state index in [4.69, 9.17) is 0 Å². The van der Waals surface area contributed by atoms with Crippen LogP contribution in [0.5, 0.6) is 0 Å². The highest BCUT2D eigenvalue weighted by atomic mass is 31.1. The molecule has 2 aromatic carbocycles. The number of hydrogen-bond acceptors (Lipinski definition) is 1. The lowest BCUT2D eigenvalue weighted by Crippen LogP contribution is -2.27. The van der Waals surface area contributed by atoms with Crippen LogP contribution in [0.2, 0.25) is 0 Å². The average Bonchev–Trinajstić information content (AvgIpc) is 2.48. The molecule has 0 radical (unpaired) electrons. The number of benzene rings is 2. The van der Waals surface area contributed by atoms with E-state index >= 15 is 0 Å². The summed E-state index contributed by atoms with van der Waals surface area (Å²) in [5.41, 5.74) is 3.98. The lowest BCUT2D eigenvalue weighted by atomic mass is 10.1. The summed E-state index contributed by atoms with van der Waals surface area (Å²) in [5, 5.41) is 5.39. The third kappa shape index (κ3) is 3.66. The molecule has 21 heavy (non-hydrogen) atoms. The molecule has 1 aliphatic rings. The van der Waals surface area contributed by atoms with Crippen LogP contribution in [-0.2, 0) is 0 Å². The highest BCUT2D eigenvalue weighted by Gasteiger charge is 2.25. The molecule has 2 aromatic rings. The molecule has 1 fully saturated rings. The fraction of sp³-hybridized carbons (Fsp3) is 0.368. The Labute approximate surface area is 129 Å². The van der Waals surface area contributed by atoms with Crippen molar-refractivity contribution in [3.63, 3.8) is 0 Å². The lowest BCUT2D eigenvalue weighted by molar-refractivity contribution is 0.689. The Morgan fingerprint density at radius 1 is 0.952 bits per heavy atom. The second-order valence-electron chi connectivity index (χ2n) is 6.06. The van der Waals surface area contributed by atoms with Crippen LogP contribution in [0, 0.1) is 13.8 Å². The highest BCUT2D eigenvalue weighted by Crippen LogP contribution is 2.47. The summed E-state index contributed by atoms with van der Waals surface area (Å²) in [6.45, 7) is 4.36. The zero-order valence-electron chi connectivity index (χ0n) is 13.0. The molecule has 3 rings (SSSR count). The first kappa shape index (κ1) is 14.6. The van der Waals surface area contributed by atoms with Crippen LogP contribution in [0.15, 0.2) is 48.5 Å². The SMILES string of the molecule is Cc1cc(C)cc(N[C@@H]2CCCC[P@]2c2ccccc2)c1. The summed E-state index contributed by atoms with van der Waals surface area (Å²) < 4.78 is 0. The molecule has 2 atom stereocenters. The molecule has 1 heterocycles. The van der Waals surface area contributed by atoms with E-state index in [0.717, 1.165) is 0 Å². The maximum absolute atomic E-state index is 3.84. The van der Waals surface area contributed by atoms with Crippen molar-refractivity contribution < 1.29 is 0 Å². The molecule has 0 unspecified atom stereocenters. The number of hydrogen-bond donors (Lipinski definition) is 1. The van der Waals surface area contributed by atoms with Crippen molar-refractivity contribution in [2.75, 3.05) is 11.5 Å². The van der Waals surface area contributed by atoms with E-state index in [1.165, 1.54) is 42.2 Å². The minimum absolute atomic E-state index is 0.0843. The Balaban J connectivity index is 1.81. The Kier molecular flexibility index (Phi) is 4.60. The largest absolute Gasteiger partial charge is 0.378 e. The topological polar surface area (TPSA) is 12.0 Å². The second kappa shape index (κ2) is 6.62. The third-order valence-corrected chi connectivity index (χ3v) is 7.04. The summed E-state index contributed by atoms with van der Waals surface area (Å²) in [7, 11) is -0.0843. The molecular formula is C19H24NP. The summed E-state index contributed by atoms with van der Waals surface area (Å²) in [6.07, 6.45) is 5.40. The van der Waals surface area contributed by atoms with Gasteiger partial charge in [0.2, 0.25) is 0 Å². The molecule has 2 heteroatoms. The van der Waals surface area contributed by atoms with Crippen molar-refractivity contribution in [1.82, 2.24) is 0 Å². The van der Waals surface area contributed by atoms with Crippen molar-refractivity contribution >= 4 is 18.9 Å². The Bertz CT molecular complexity index is 574. The van der Waals surface area contributed by atoms with Crippen molar-refractivity contribution in [2.24, 2.45) is 0 Å². The molecular weight excluding hydrogens is 273 g/mol. The van der Waals surface area contributed by atoms with Gasteiger partial charge in [-0.15, -0.1) is 0 Å². The number of rotatable bonds is 3. The summed E-state index contributed by atoms with van der Waals surface area (Å²) in [4.78, 5) is 0. The van der Waals surface area contributed by atoms with E-state index in [9.17, 15) is 0 Å². The summed E-state index contributed by atoms with van der Waals surface area (Å²) in [5.74, 6) is 0.623. The monoisotopic (exact) mass is 297 g/mol. The second-order valence-corrected chi connectivity index (χ2v) is 8.59. The van der Waals surface area contributed by atoms with Gasteiger partial charge in [0.1, 0.15) is 0 Å². The first-order valence-corrected chi connectivity index (χ1v) is 9.48. The lowest BCUT2D eigenvalue weighted by Gasteiger charge is -2.34. The van der Waals surface area contributed by atoms with Gasteiger partial charge in [0.15, 0.2) is 0 Å². The van der Waals surface area contributed by atoms with E-state index < -0.39 is 0 Å². The van der Waals surface area contributed by atoms with Gasteiger partial charge in [0, 0.05) is 5.69 Å². The van der Waals surface area contributed by atoms with Crippen LogP contribution in [0.25, 0.3) is 0 Å². The Hall–Kier alpha value is -1.33. The molecule has 1 N–H and O–H groups in total. The zero-order chi connectivity index (χ0) is 14.7. The Morgan fingerprint density at radius 3 is 2.38 bits per heavy atom. The summed E-state index contributed by atoms with van der Waals surface area (Å²) in [6, 6.07) is 17.9. The Morgan fingerprint density at radius 2 is 1.67 bits per heavy atom. The van der Waals surface area contributed by atoms with E-state index in [-0.39, 0.29) is 7.92 Å². The van der Waals surface area contributed by atoms with Crippen LogP contribution in [-0.4, -0.2) is 11.9 Å². The number of aryl methyl sites for hydroxylation is 2. The van der Waals surface area contributed by atoms with Gasteiger partial charge in [0.05, 0.1) is 5.78 Å². The van der Waals surface area contributed by atoms with E-state index in [0.29, 0.717) is 5.78 Å². The van der Waals surface area contributed by atoms with Crippen LogP contribution in [0.3, 0.4) is 0 Å². The summed E-state index contributed by atoms with van der Waals surface area (Å²) >= 11 is 0. The number of anilines is 1. The third-order valence-electron chi connectivity index (χ3n) is 4.15. The van der Waals surface area contributed by atoms with E-state index in [1.807, 2.05) is 0 Å². The maximum Gasteiger partial charge on any atom is 0.0500 e. The molecule has 0 bridgehead atoms. The van der Waals surface area contributed by atoms with Gasteiger partial charge in [-0.2, -0.15) is 0 Å². The molecule has 0 aliphatic carbocycles. The first-order valence-electron chi connectivity index (χ1n) is 7.89. The van der Waals surface area contributed by atoms with Gasteiger partial charge in [0.25, 0.3) is 0 Å². The van der Waals surface area contributed by atoms with E-state index in [1.54, 1.807) is 5.30 Å². The van der Waals surface area contributed by atoms with Gasteiger partial charge in [-0.3, -0.25) is 0 Å². The van der Waals surface area contributed by atoms with Crippen LogP contribution in [0.4, 0.5) is 5.69 Å². The minimum atomic E-state index is -0.0843. The standard InChI is InChI=1S/C19H24NP/c1-15-12-16(2)14-17(13-15)20-19-10-6-7-11-21(19)18-8-4-3-5-9-18/h3-5,8-9,12-14,19-20H,6-7,10-11H2,1-2H3/t19-,21+/m0/s1. The quantitative estimate of drug-likeness (QED) is 0.783. The first-order chi connectivity index (χ1) is 10.2. The normalized spacial score (nSPS) is 22.0. The van der Waals surface area contributed by atoms with Gasteiger partial charge in [-0.25, -0.2) is 0 Å². The molecule has 0 amide bonds.